The van der Waals surface area contributed by atoms with Crippen molar-refractivity contribution in [1.82, 2.24) is 0 Å². The van der Waals surface area contributed by atoms with Gasteiger partial charge in [-0.15, -0.1) is 0 Å². The fourth-order valence-corrected chi connectivity index (χ4v) is 0. The first-order chi connectivity index (χ1) is 6.00. The SMILES string of the molecule is B.O=P([O-])([O-])[O-].O=P([O-])([O-])[O-].O=P([O-])([O-])[O-].[Al+3].[Ca+2].[Ca+2].[Ca+2]. The molecule has 20 heteroatoms. The van der Waals surface area contributed by atoms with Crippen LogP contribution in [0.5, 0.6) is 0 Å². The summed E-state index contributed by atoms with van der Waals surface area (Å²) in [4.78, 5) is 76.9. The molecule has 0 saturated carbocycles. The second kappa shape index (κ2) is 23.7. The van der Waals surface area contributed by atoms with Crippen LogP contribution >= 0.6 is 23.5 Å². The summed E-state index contributed by atoms with van der Waals surface area (Å²) in [7, 11) is -16.2. The van der Waals surface area contributed by atoms with Crippen LogP contribution in [0, 0.1) is 0 Å². The summed E-state index contributed by atoms with van der Waals surface area (Å²) in [6.07, 6.45) is 0. The molecule has 0 bridgehead atoms. The average molecular weight is 446 g/mol. The molecule has 0 fully saturated rings. The molecule has 0 aliphatic carbocycles. The molecule has 0 unspecified atom stereocenters. The summed E-state index contributed by atoms with van der Waals surface area (Å²) in [5.74, 6) is 0. The van der Waals surface area contributed by atoms with Crippen molar-refractivity contribution in [2.75, 3.05) is 0 Å². The molecule has 20 heavy (non-hydrogen) atoms. The molecule has 0 aliphatic heterocycles. The minimum atomic E-state index is -5.39. The largest absolute Gasteiger partial charge is 3.00 e. The molecule has 12 nitrogen and oxygen atoms in total. The molecule has 0 heterocycles. The Balaban J connectivity index is -0.0000000160. The van der Waals surface area contributed by atoms with Gasteiger partial charge >= 0.3 is 131 Å². The summed E-state index contributed by atoms with van der Waals surface area (Å²) >= 11 is 0. The maximum absolute atomic E-state index is 8.55. The Labute approximate surface area is 216 Å². The Hall–Kier alpha value is 4.71. The van der Waals surface area contributed by atoms with Gasteiger partial charge in [-0.2, -0.15) is 23.5 Å². The van der Waals surface area contributed by atoms with Gasteiger partial charge in [-0.05, 0) is 0 Å². The molecule has 0 rings (SSSR count). The third-order valence-corrected chi connectivity index (χ3v) is 0. The van der Waals surface area contributed by atoms with Gasteiger partial charge in [0.25, 0.3) is 0 Å². The molecule has 0 atom stereocenters. The summed E-state index contributed by atoms with van der Waals surface area (Å²) in [5.41, 5.74) is 0. The maximum atomic E-state index is 8.55. The number of phosphoric acid groups is 3. The van der Waals surface area contributed by atoms with Crippen LogP contribution in [0.3, 0.4) is 0 Å². The second-order valence-electron chi connectivity index (χ2n) is 1.34. The molecule has 0 aromatic rings. The van der Waals surface area contributed by atoms with Crippen LogP contribution in [-0.2, 0) is 13.7 Å². The predicted octanol–water partition coefficient (Wildman–Crippen LogP) is -11.2. The van der Waals surface area contributed by atoms with E-state index in [0.29, 0.717) is 0 Å². The second-order valence-corrected chi connectivity index (χ2v) is 4.02. The van der Waals surface area contributed by atoms with Gasteiger partial charge in [-0.3, -0.25) is 0 Å². The minimum Gasteiger partial charge on any atom is -0.822 e. The van der Waals surface area contributed by atoms with Crippen LogP contribution in [0.2, 0.25) is 0 Å². The zero-order valence-corrected chi connectivity index (χ0v) is 19.4. The van der Waals surface area contributed by atoms with Crippen molar-refractivity contribution in [2.24, 2.45) is 0 Å². The van der Waals surface area contributed by atoms with E-state index in [2.05, 4.69) is 0 Å². The smallest absolute Gasteiger partial charge is 0.822 e. The van der Waals surface area contributed by atoms with Crippen molar-refractivity contribution < 1.29 is 57.7 Å². The number of hydrogen-bond donors (Lipinski definition) is 0. The monoisotopic (exact) mass is 446 g/mol. The standard InChI is InChI=1S/Al.BH3.3Ca.3H3O4P/c;;;;;3*1-5(2,3)4/h;1H3;;;;3*(H3,1,2,3,4)/q+3;;3*+2;;;/p-9. The molecule has 0 aromatic heterocycles. The van der Waals surface area contributed by atoms with Crippen LogP contribution in [0.4, 0.5) is 0 Å². The molecule has 0 radical (unpaired) electrons. The van der Waals surface area contributed by atoms with E-state index < -0.39 is 23.5 Å². The average Bonchev–Trinajstić information content (AvgIpc) is 1.41. The van der Waals surface area contributed by atoms with Gasteiger partial charge in [0.15, 0.2) is 0 Å². The number of rotatable bonds is 0. The Morgan fingerprint density at radius 2 is 0.450 bits per heavy atom. The Bertz CT molecular complexity index is 220. The van der Waals surface area contributed by atoms with Crippen LogP contribution < -0.4 is 44.0 Å². The topological polar surface area (TPSA) is 259 Å². The first kappa shape index (κ1) is 49.7. The molecule has 0 amide bonds. The van der Waals surface area contributed by atoms with Gasteiger partial charge in [0.2, 0.25) is 0 Å². The number of hydrogen-bond acceptors (Lipinski definition) is 12. The first-order valence-corrected chi connectivity index (χ1v) is 6.57. The Morgan fingerprint density at radius 1 is 0.450 bits per heavy atom. The fourth-order valence-electron chi connectivity index (χ4n) is 0. The van der Waals surface area contributed by atoms with Crippen molar-refractivity contribution in [3.8, 4) is 0 Å². The molecular weight excluding hydrogens is 443 g/mol. The van der Waals surface area contributed by atoms with E-state index in [1.165, 1.54) is 0 Å². The van der Waals surface area contributed by atoms with E-state index in [0.717, 1.165) is 0 Å². The van der Waals surface area contributed by atoms with Crippen molar-refractivity contribution in [3.63, 3.8) is 0 Å². The molecule has 0 spiro atoms. The van der Waals surface area contributed by atoms with Crippen molar-refractivity contribution >= 4 is 162 Å². The molecule has 0 saturated heterocycles. The van der Waals surface area contributed by atoms with Crippen molar-refractivity contribution in [2.45, 2.75) is 0 Å². The quantitative estimate of drug-likeness (QED) is 0.248. The van der Waals surface area contributed by atoms with E-state index in [1.54, 1.807) is 0 Å². The van der Waals surface area contributed by atoms with Crippen LogP contribution in [-0.4, -0.2) is 139 Å². The summed E-state index contributed by atoms with van der Waals surface area (Å²) < 4.78 is 25.6. The van der Waals surface area contributed by atoms with Gasteiger partial charge in [0, 0.05) is 0 Å². The minimum absolute atomic E-state index is 0. The molecule has 102 valence electrons. The molecule has 0 aliphatic rings. The summed E-state index contributed by atoms with van der Waals surface area (Å²) in [6.45, 7) is 0. The van der Waals surface area contributed by atoms with E-state index in [1.807, 2.05) is 0 Å². The first-order valence-electron chi connectivity index (χ1n) is 2.19. The van der Waals surface area contributed by atoms with Gasteiger partial charge in [0.05, 0.1) is 8.41 Å². The Kier molecular flexibility index (Phi) is 59.0. The van der Waals surface area contributed by atoms with Gasteiger partial charge in [-0.25, -0.2) is 0 Å². The normalized spacial score (nSPS) is 8.85. The Morgan fingerprint density at radius 3 is 0.450 bits per heavy atom. The third kappa shape index (κ3) is 483. The van der Waals surface area contributed by atoms with E-state index in [9.17, 15) is 0 Å². The predicted molar refractivity (Wildman–Crippen MR) is 55.8 cm³/mol. The van der Waals surface area contributed by atoms with Crippen LogP contribution in [0.15, 0.2) is 0 Å². The molecule has 0 N–H and O–H groups in total. The van der Waals surface area contributed by atoms with Gasteiger partial charge < -0.3 is 57.7 Å². The van der Waals surface area contributed by atoms with E-state index in [-0.39, 0.29) is 139 Å². The zero-order chi connectivity index (χ0) is 13.5. The van der Waals surface area contributed by atoms with Gasteiger partial charge in [-0.1, -0.05) is 0 Å². The maximum Gasteiger partial charge on any atom is 3.00 e. The molecule has 0 aromatic carbocycles. The molecular formula is H3AlBCa3O12P3. The van der Waals surface area contributed by atoms with Crippen LogP contribution in [0.25, 0.3) is 0 Å². The third-order valence-electron chi connectivity index (χ3n) is 0. The summed E-state index contributed by atoms with van der Waals surface area (Å²) in [5, 5.41) is 0. The van der Waals surface area contributed by atoms with Gasteiger partial charge in [0.1, 0.15) is 0 Å². The van der Waals surface area contributed by atoms with Crippen LogP contribution in [0.1, 0.15) is 0 Å². The van der Waals surface area contributed by atoms with E-state index in [4.69, 9.17) is 57.7 Å². The summed E-state index contributed by atoms with van der Waals surface area (Å²) in [6, 6.07) is 0. The van der Waals surface area contributed by atoms with Crippen molar-refractivity contribution in [1.29, 1.82) is 0 Å². The zero-order valence-electron chi connectivity index (χ0n) is 8.94. The fraction of sp³-hybridized carbons (Fsp3) is 0. The van der Waals surface area contributed by atoms with E-state index >= 15 is 0 Å². The van der Waals surface area contributed by atoms with Crippen molar-refractivity contribution in [3.05, 3.63) is 0 Å².